The third-order valence-electron chi connectivity index (χ3n) is 9.49. The molecule has 5 aliphatic carbocycles. The van der Waals surface area contributed by atoms with Gasteiger partial charge >= 0.3 is 12.3 Å². The number of rotatable bonds is 3. The predicted molar refractivity (Wildman–Crippen MR) is 102 cm³/mol. The summed E-state index contributed by atoms with van der Waals surface area (Å²) in [5.41, 5.74) is 0.262. The van der Waals surface area contributed by atoms with Crippen LogP contribution in [0.4, 0.5) is 29.5 Å². The van der Waals surface area contributed by atoms with Crippen molar-refractivity contribution < 1.29 is 27.5 Å². The number of carbonyl (C=O) groups excluding carboxylic acids is 2. The molecule has 2 amide bonds. The number of ether oxygens (including phenoxy) is 1. The van der Waals surface area contributed by atoms with Crippen molar-refractivity contribution in [2.75, 3.05) is 10.2 Å². The highest BCUT2D eigenvalue weighted by molar-refractivity contribution is 6.00. The lowest BCUT2D eigenvalue weighted by atomic mass is 9.57. The molecule has 1 aliphatic heterocycles. The van der Waals surface area contributed by atoms with Crippen LogP contribution in [0.1, 0.15) is 19.8 Å². The molecular formula is C22H22F3N3O3. The summed E-state index contributed by atoms with van der Waals surface area (Å²) in [6.45, 7) is 1.28. The maximum atomic E-state index is 13.4. The summed E-state index contributed by atoms with van der Waals surface area (Å²) < 4.78 is 44.3. The van der Waals surface area contributed by atoms with Crippen LogP contribution in [0.25, 0.3) is 0 Å². The Kier molecular flexibility index (Phi) is 3.26. The minimum Gasteiger partial charge on any atom is -0.434 e. The lowest BCUT2D eigenvalue weighted by molar-refractivity contribution is -0.198. The fraction of sp³-hybridized carbons (Fsp3) is 0.682. The van der Waals surface area contributed by atoms with Crippen molar-refractivity contribution in [3.63, 3.8) is 0 Å². The van der Waals surface area contributed by atoms with Gasteiger partial charge < -0.3 is 10.1 Å². The highest BCUT2D eigenvalue weighted by atomic mass is 19.4. The number of halogens is 3. The van der Waals surface area contributed by atoms with E-state index in [1.54, 1.807) is 12.1 Å². The Bertz CT molecular complexity index is 1010. The van der Waals surface area contributed by atoms with Crippen molar-refractivity contribution in [1.82, 2.24) is 4.98 Å². The van der Waals surface area contributed by atoms with E-state index in [1.807, 2.05) is 0 Å². The number of pyridine rings is 1. The third-order valence-corrected chi connectivity index (χ3v) is 9.49. The van der Waals surface area contributed by atoms with Crippen LogP contribution in [-0.4, -0.2) is 35.3 Å². The van der Waals surface area contributed by atoms with E-state index >= 15 is 0 Å². The zero-order valence-electron chi connectivity index (χ0n) is 16.8. The lowest BCUT2D eigenvalue weighted by Crippen LogP contribution is -2.47. The summed E-state index contributed by atoms with van der Waals surface area (Å²) in [5, 5.41) is 2.94. The molecular weight excluding hydrogens is 411 g/mol. The SMILES string of the molecule is CC1C(C(F)(F)F)OC(=O)N1c1ncccc1NC(=O)C1C2C3CC4C5C3CC2C5C41. The Balaban J connectivity index is 1.17. The quantitative estimate of drug-likeness (QED) is 0.789. The first-order chi connectivity index (χ1) is 14.8. The lowest BCUT2D eigenvalue weighted by Gasteiger charge is -2.47. The summed E-state index contributed by atoms with van der Waals surface area (Å²) in [4.78, 5) is 30.8. The van der Waals surface area contributed by atoms with E-state index in [0.717, 1.165) is 16.7 Å². The molecule has 1 saturated heterocycles. The van der Waals surface area contributed by atoms with Crippen molar-refractivity contribution in [3.05, 3.63) is 18.3 Å². The van der Waals surface area contributed by atoms with Gasteiger partial charge in [0.15, 0.2) is 5.82 Å². The molecule has 0 aromatic carbocycles. The maximum Gasteiger partial charge on any atom is 0.427 e. The van der Waals surface area contributed by atoms with E-state index in [2.05, 4.69) is 15.0 Å². The Morgan fingerprint density at radius 2 is 1.84 bits per heavy atom. The predicted octanol–water partition coefficient (Wildman–Crippen LogP) is 3.69. The fourth-order valence-electron chi connectivity index (χ4n) is 8.91. The minimum absolute atomic E-state index is 0.00186. The smallest absolute Gasteiger partial charge is 0.427 e. The molecule has 164 valence electrons. The molecule has 2 bridgehead atoms. The van der Waals surface area contributed by atoms with E-state index in [-0.39, 0.29) is 23.3 Å². The van der Waals surface area contributed by atoms with Crippen molar-refractivity contribution >= 4 is 23.5 Å². The molecule has 31 heavy (non-hydrogen) atoms. The van der Waals surface area contributed by atoms with Gasteiger partial charge in [-0.1, -0.05) is 0 Å². The number of nitrogens with zero attached hydrogens (tertiary/aromatic N) is 2. The van der Waals surface area contributed by atoms with Crippen LogP contribution in [0, 0.1) is 53.3 Å². The van der Waals surface area contributed by atoms with Gasteiger partial charge in [-0.25, -0.2) is 9.78 Å². The molecule has 11 unspecified atom stereocenters. The molecule has 11 atom stereocenters. The second kappa shape index (κ2) is 5.53. The normalized spacial score (nSPS) is 47.8. The summed E-state index contributed by atoms with van der Waals surface area (Å²) in [6, 6.07) is 1.91. The number of cyclic esters (lactones) is 1. The van der Waals surface area contributed by atoms with Crippen molar-refractivity contribution in [2.24, 2.45) is 53.3 Å². The summed E-state index contributed by atoms with van der Waals surface area (Å²) >= 11 is 0. The Labute approximate surface area is 176 Å². The molecule has 1 aromatic rings. The molecule has 7 rings (SSSR count). The van der Waals surface area contributed by atoms with Gasteiger partial charge in [-0.05, 0) is 79.2 Å². The number of amides is 2. The van der Waals surface area contributed by atoms with Gasteiger partial charge in [-0.2, -0.15) is 13.2 Å². The van der Waals surface area contributed by atoms with E-state index in [1.165, 1.54) is 26.0 Å². The Morgan fingerprint density at radius 1 is 1.13 bits per heavy atom. The maximum absolute atomic E-state index is 13.4. The standard InChI is InChI=1S/C22H22F3N3O3/c1-7-18(22(23,24)25)31-21(30)28(7)19-12(3-2-4-26-19)27-20(29)17-14-9-6-10-13-8(9)5-11(14)15(13)16(10)17/h2-4,7-11,13-18H,5-6H2,1H3,(H,27,29). The average molecular weight is 433 g/mol. The van der Waals surface area contributed by atoms with Crippen LogP contribution in [0.15, 0.2) is 18.3 Å². The van der Waals surface area contributed by atoms with E-state index in [0.29, 0.717) is 35.5 Å². The molecule has 9 heteroatoms. The number of fused-ring (bicyclic) bond motifs is 2. The van der Waals surface area contributed by atoms with Crippen LogP contribution >= 0.6 is 0 Å². The second-order valence-electron chi connectivity index (χ2n) is 10.3. The van der Waals surface area contributed by atoms with Crippen LogP contribution < -0.4 is 10.2 Å². The van der Waals surface area contributed by atoms with Crippen molar-refractivity contribution in [3.8, 4) is 0 Å². The topological polar surface area (TPSA) is 71.5 Å². The van der Waals surface area contributed by atoms with Gasteiger partial charge in [-0.15, -0.1) is 0 Å². The number of anilines is 2. The molecule has 0 radical (unpaired) electrons. The third kappa shape index (κ3) is 2.04. The Morgan fingerprint density at radius 3 is 2.55 bits per heavy atom. The fourth-order valence-corrected chi connectivity index (χ4v) is 8.91. The van der Waals surface area contributed by atoms with Crippen LogP contribution in [0.2, 0.25) is 0 Å². The average Bonchev–Trinajstić information content (AvgIpc) is 3.34. The number of hydrogen-bond acceptors (Lipinski definition) is 4. The second-order valence-corrected chi connectivity index (χ2v) is 10.3. The number of hydrogen-bond donors (Lipinski definition) is 1. The largest absolute Gasteiger partial charge is 0.434 e. The molecule has 6 fully saturated rings. The first-order valence-electron chi connectivity index (χ1n) is 11.1. The molecule has 2 heterocycles. The molecule has 6 nitrogen and oxygen atoms in total. The molecule has 0 spiro atoms. The number of carbonyl (C=O) groups is 2. The molecule has 1 aromatic heterocycles. The van der Waals surface area contributed by atoms with Gasteiger partial charge in [-0.3, -0.25) is 9.69 Å². The molecule has 1 N–H and O–H groups in total. The van der Waals surface area contributed by atoms with Gasteiger partial charge in [0.25, 0.3) is 0 Å². The van der Waals surface area contributed by atoms with Crippen LogP contribution in [0.3, 0.4) is 0 Å². The Hall–Kier alpha value is -2.32. The zero-order chi connectivity index (χ0) is 21.4. The first-order valence-corrected chi connectivity index (χ1v) is 11.1. The van der Waals surface area contributed by atoms with E-state index in [4.69, 9.17) is 0 Å². The minimum atomic E-state index is -4.67. The first kappa shape index (κ1) is 18.3. The summed E-state index contributed by atoms with van der Waals surface area (Å²) in [6.07, 6.45) is -4.07. The van der Waals surface area contributed by atoms with Crippen molar-refractivity contribution in [2.45, 2.75) is 38.1 Å². The zero-order valence-corrected chi connectivity index (χ0v) is 16.8. The van der Waals surface area contributed by atoms with E-state index in [9.17, 15) is 22.8 Å². The van der Waals surface area contributed by atoms with Crippen LogP contribution in [-0.2, 0) is 9.53 Å². The molecule has 6 aliphatic rings. The van der Waals surface area contributed by atoms with Gasteiger partial charge in [0, 0.05) is 12.1 Å². The molecule has 5 saturated carbocycles. The van der Waals surface area contributed by atoms with Gasteiger partial charge in [0.2, 0.25) is 12.0 Å². The number of aromatic nitrogens is 1. The van der Waals surface area contributed by atoms with Crippen molar-refractivity contribution in [1.29, 1.82) is 0 Å². The number of nitrogens with one attached hydrogen (secondary N) is 1. The highest BCUT2D eigenvalue weighted by Crippen LogP contribution is 2.84. The van der Waals surface area contributed by atoms with Gasteiger partial charge in [0.05, 0.1) is 11.7 Å². The monoisotopic (exact) mass is 433 g/mol. The van der Waals surface area contributed by atoms with Gasteiger partial charge in [0.1, 0.15) is 0 Å². The highest BCUT2D eigenvalue weighted by Gasteiger charge is 2.81. The summed E-state index contributed by atoms with van der Waals surface area (Å²) in [7, 11) is 0. The number of alkyl halides is 3. The summed E-state index contributed by atoms with van der Waals surface area (Å²) in [5.74, 6) is 5.17. The van der Waals surface area contributed by atoms with Crippen LogP contribution in [0.5, 0.6) is 0 Å². The van der Waals surface area contributed by atoms with E-state index < -0.39 is 24.4 Å².